The number of hydrogen-bond acceptors (Lipinski definition) is 4. The van der Waals surface area contributed by atoms with Gasteiger partial charge in [-0.2, -0.15) is 0 Å². The van der Waals surface area contributed by atoms with Gasteiger partial charge in [0, 0.05) is 11.4 Å². The van der Waals surface area contributed by atoms with E-state index in [0.29, 0.717) is 16.8 Å². The molecule has 1 aliphatic rings. The minimum absolute atomic E-state index is 0.462. The summed E-state index contributed by atoms with van der Waals surface area (Å²) < 4.78 is 2.48. The molecule has 3 aromatic rings. The van der Waals surface area contributed by atoms with Gasteiger partial charge in [0.05, 0.1) is 5.39 Å². The molecule has 7 heteroatoms. The summed E-state index contributed by atoms with van der Waals surface area (Å²) in [6.45, 7) is -0.138. The Kier molecular flexibility index (Phi) is 4.70. The van der Waals surface area contributed by atoms with Crippen LogP contribution in [0.1, 0.15) is 28.8 Å². The van der Waals surface area contributed by atoms with Crippen LogP contribution in [0.25, 0.3) is 10.2 Å². The van der Waals surface area contributed by atoms with E-state index in [-0.39, 0.29) is 0 Å². The Labute approximate surface area is 159 Å². The molecule has 140 valence electrons. The van der Waals surface area contributed by atoms with E-state index in [1.807, 2.05) is 30.3 Å². The maximum atomic E-state index is 12.9. The van der Waals surface area contributed by atoms with Crippen LogP contribution in [0.2, 0.25) is 0 Å². The lowest BCUT2D eigenvalue weighted by atomic mass is 10.1. The van der Waals surface area contributed by atoms with Gasteiger partial charge in [-0.15, -0.1) is 11.3 Å². The molecule has 2 aromatic heterocycles. The van der Waals surface area contributed by atoms with Gasteiger partial charge in [-0.05, 0) is 43.2 Å². The van der Waals surface area contributed by atoms with E-state index < -0.39 is 23.8 Å². The molecule has 0 saturated carbocycles. The molecule has 4 rings (SSSR count). The van der Waals surface area contributed by atoms with Gasteiger partial charge in [-0.25, -0.2) is 9.36 Å². The lowest BCUT2D eigenvalue weighted by Gasteiger charge is -2.11. The Morgan fingerprint density at radius 1 is 1.11 bits per heavy atom. The van der Waals surface area contributed by atoms with Crippen LogP contribution in [0, 0.1) is 0 Å². The van der Waals surface area contributed by atoms with E-state index in [1.54, 1.807) is 4.57 Å². The van der Waals surface area contributed by atoms with Crippen LogP contribution < -0.4 is 11.2 Å². The average molecular weight is 384 g/mol. The number of aryl methyl sites for hydroxylation is 4. The van der Waals surface area contributed by atoms with E-state index in [9.17, 15) is 14.4 Å². The molecule has 27 heavy (non-hydrogen) atoms. The first-order chi connectivity index (χ1) is 13.1. The van der Waals surface area contributed by atoms with Crippen LogP contribution in [-0.4, -0.2) is 20.2 Å². The van der Waals surface area contributed by atoms with Crippen LogP contribution >= 0.6 is 11.3 Å². The number of aromatic nitrogens is 2. The van der Waals surface area contributed by atoms with Crippen LogP contribution in [0.3, 0.4) is 0 Å². The van der Waals surface area contributed by atoms with Crippen molar-refractivity contribution in [2.45, 2.75) is 45.2 Å². The highest BCUT2D eigenvalue weighted by Gasteiger charge is 2.25. The number of rotatable bonds is 6. The highest BCUT2D eigenvalue weighted by molar-refractivity contribution is 7.18. The van der Waals surface area contributed by atoms with Crippen molar-refractivity contribution in [3.8, 4) is 0 Å². The van der Waals surface area contributed by atoms with Crippen LogP contribution in [0.15, 0.2) is 39.9 Å². The third kappa shape index (κ3) is 3.23. The molecule has 6 nitrogen and oxygen atoms in total. The molecule has 1 N–H and O–H groups in total. The SMILES string of the molecule is O=C(O)Cn1c(=O)c2c3c(sc2n(CCCc2ccccc2)c1=O)CCC3. The number of carboxylic acid groups (broad SMARTS) is 1. The molecule has 0 aliphatic heterocycles. The molecule has 0 fully saturated rings. The monoisotopic (exact) mass is 384 g/mol. The predicted octanol–water partition coefficient (Wildman–Crippen LogP) is 2.43. The quantitative estimate of drug-likeness (QED) is 0.708. The Bertz CT molecular complexity index is 1120. The number of aliphatic carboxylic acids is 1. The Morgan fingerprint density at radius 2 is 1.89 bits per heavy atom. The van der Waals surface area contributed by atoms with Crippen LogP contribution in [0.4, 0.5) is 0 Å². The topological polar surface area (TPSA) is 81.3 Å². The number of thiophene rings is 1. The highest BCUT2D eigenvalue weighted by atomic mass is 32.1. The number of carboxylic acids is 1. The van der Waals surface area contributed by atoms with Gasteiger partial charge in [0.2, 0.25) is 0 Å². The number of nitrogens with zero attached hydrogens (tertiary/aromatic N) is 2. The molecule has 0 unspecified atom stereocenters. The second-order valence-corrected chi connectivity index (χ2v) is 7.93. The van der Waals surface area contributed by atoms with Gasteiger partial charge < -0.3 is 5.11 Å². The zero-order chi connectivity index (χ0) is 19.0. The van der Waals surface area contributed by atoms with E-state index >= 15 is 0 Å². The van der Waals surface area contributed by atoms with E-state index in [1.165, 1.54) is 16.9 Å². The lowest BCUT2D eigenvalue weighted by Crippen LogP contribution is -2.41. The zero-order valence-electron chi connectivity index (χ0n) is 14.8. The first kappa shape index (κ1) is 17.7. The standard InChI is InChI=1S/C20H20N2O4S/c23-16(24)12-22-18(25)17-14-9-4-10-15(14)27-19(17)21(20(22)26)11-5-8-13-6-2-1-3-7-13/h1-3,6-7H,4-5,8-12H2,(H,23,24). The number of hydrogen-bond donors (Lipinski definition) is 1. The summed E-state index contributed by atoms with van der Waals surface area (Å²) in [6.07, 6.45) is 4.30. The second kappa shape index (κ2) is 7.15. The van der Waals surface area contributed by atoms with E-state index in [2.05, 4.69) is 0 Å². The van der Waals surface area contributed by atoms with E-state index in [0.717, 1.165) is 47.1 Å². The first-order valence-electron chi connectivity index (χ1n) is 9.10. The average Bonchev–Trinajstić information content (AvgIpc) is 3.23. The van der Waals surface area contributed by atoms with Gasteiger partial charge >= 0.3 is 11.7 Å². The molecule has 0 spiro atoms. The summed E-state index contributed by atoms with van der Waals surface area (Å²) in [5.74, 6) is -1.18. The number of fused-ring (bicyclic) bond motifs is 3. The van der Waals surface area contributed by atoms with Crippen molar-refractivity contribution in [1.82, 2.24) is 9.13 Å². The van der Waals surface area contributed by atoms with Crippen molar-refractivity contribution in [3.05, 3.63) is 67.2 Å². The van der Waals surface area contributed by atoms with Gasteiger partial charge in [0.15, 0.2) is 0 Å². The normalized spacial score (nSPS) is 13.2. The van der Waals surface area contributed by atoms with Gasteiger partial charge in [0.1, 0.15) is 11.4 Å². The lowest BCUT2D eigenvalue weighted by molar-refractivity contribution is -0.137. The van der Waals surface area contributed by atoms with Crippen LogP contribution in [0.5, 0.6) is 0 Å². The third-order valence-electron chi connectivity index (χ3n) is 5.05. The smallest absolute Gasteiger partial charge is 0.332 e. The fraction of sp³-hybridized carbons (Fsp3) is 0.350. The number of benzene rings is 1. The molecular weight excluding hydrogens is 364 g/mol. The zero-order valence-corrected chi connectivity index (χ0v) is 15.6. The Balaban J connectivity index is 1.77. The minimum Gasteiger partial charge on any atom is -0.480 e. The molecule has 1 aromatic carbocycles. The summed E-state index contributed by atoms with van der Waals surface area (Å²) in [5, 5.41) is 9.69. The summed E-state index contributed by atoms with van der Waals surface area (Å²) >= 11 is 1.52. The summed E-state index contributed by atoms with van der Waals surface area (Å²) in [7, 11) is 0. The minimum atomic E-state index is -1.18. The molecule has 0 radical (unpaired) electrons. The maximum Gasteiger partial charge on any atom is 0.332 e. The molecule has 0 bridgehead atoms. The molecule has 0 atom stereocenters. The second-order valence-electron chi connectivity index (χ2n) is 6.85. The Hall–Kier alpha value is -2.67. The molecule has 0 saturated heterocycles. The van der Waals surface area contributed by atoms with Crippen molar-refractivity contribution in [3.63, 3.8) is 0 Å². The van der Waals surface area contributed by atoms with Crippen molar-refractivity contribution >= 4 is 27.5 Å². The number of carbonyl (C=O) groups is 1. The van der Waals surface area contributed by atoms with E-state index in [4.69, 9.17) is 5.11 Å². The molecule has 1 aliphatic carbocycles. The van der Waals surface area contributed by atoms with Gasteiger partial charge in [-0.1, -0.05) is 30.3 Å². The molecule has 2 heterocycles. The Morgan fingerprint density at radius 3 is 2.63 bits per heavy atom. The van der Waals surface area contributed by atoms with Crippen molar-refractivity contribution in [1.29, 1.82) is 0 Å². The molecule has 0 amide bonds. The highest BCUT2D eigenvalue weighted by Crippen LogP contribution is 2.35. The summed E-state index contributed by atoms with van der Waals surface area (Å²) in [5.41, 5.74) is 1.21. The van der Waals surface area contributed by atoms with Crippen molar-refractivity contribution in [2.24, 2.45) is 0 Å². The fourth-order valence-electron chi connectivity index (χ4n) is 3.81. The third-order valence-corrected chi connectivity index (χ3v) is 6.37. The van der Waals surface area contributed by atoms with Crippen molar-refractivity contribution in [2.75, 3.05) is 0 Å². The molecular formula is C20H20N2O4S. The summed E-state index contributed by atoms with van der Waals surface area (Å²) in [4.78, 5) is 38.8. The van der Waals surface area contributed by atoms with Crippen LogP contribution in [-0.2, 0) is 37.1 Å². The van der Waals surface area contributed by atoms with Gasteiger partial charge in [-0.3, -0.25) is 14.2 Å². The largest absolute Gasteiger partial charge is 0.480 e. The fourth-order valence-corrected chi connectivity index (χ4v) is 5.21. The maximum absolute atomic E-state index is 12.9. The first-order valence-corrected chi connectivity index (χ1v) is 9.91. The predicted molar refractivity (Wildman–Crippen MR) is 105 cm³/mol. The van der Waals surface area contributed by atoms with Gasteiger partial charge in [0.25, 0.3) is 5.56 Å². The summed E-state index contributed by atoms with van der Waals surface area (Å²) in [6, 6.07) is 10.0. The van der Waals surface area contributed by atoms with Crippen molar-refractivity contribution < 1.29 is 9.90 Å².